The van der Waals surface area contributed by atoms with Gasteiger partial charge in [-0.05, 0) is 50.8 Å². The van der Waals surface area contributed by atoms with Crippen molar-refractivity contribution in [3.05, 3.63) is 29.8 Å². The number of aryl methyl sites for hydroxylation is 1. The molecular weight excluding hydrogens is 290 g/mol. The van der Waals surface area contributed by atoms with Gasteiger partial charge in [-0.15, -0.1) is 0 Å². The van der Waals surface area contributed by atoms with Crippen LogP contribution in [0, 0.1) is 12.3 Å². The zero-order valence-corrected chi connectivity index (χ0v) is 14.0. The van der Waals surface area contributed by atoms with Crippen LogP contribution >= 0.6 is 0 Å². The topological polar surface area (TPSA) is 68.9 Å². The minimum atomic E-state index is 0.104. The molecule has 126 valence electrons. The summed E-state index contributed by atoms with van der Waals surface area (Å²) in [5.41, 5.74) is 8.42. The van der Waals surface area contributed by atoms with Gasteiger partial charge in [0.25, 0.3) is 0 Å². The minimum Gasteiger partial charge on any atom is -0.381 e. The molecule has 1 saturated carbocycles. The van der Waals surface area contributed by atoms with E-state index in [0.717, 1.165) is 44.8 Å². The average molecular weight is 317 g/mol. The third kappa shape index (κ3) is 3.35. The Morgan fingerprint density at radius 3 is 2.91 bits per heavy atom. The highest BCUT2D eigenvalue weighted by atomic mass is 16.5. The van der Waals surface area contributed by atoms with Crippen molar-refractivity contribution < 1.29 is 9.47 Å². The Bertz CT molecular complexity index is 567. The molecule has 2 aliphatic rings. The number of hydrogen-bond acceptors (Lipinski definition) is 3. The van der Waals surface area contributed by atoms with E-state index in [1.54, 1.807) is 0 Å². The predicted octanol–water partition coefficient (Wildman–Crippen LogP) is 2.70. The summed E-state index contributed by atoms with van der Waals surface area (Å²) in [6, 6.07) is 8.37. The number of nitrogens with one attached hydrogen (secondary N) is 1. The molecule has 1 heterocycles. The monoisotopic (exact) mass is 317 g/mol. The van der Waals surface area contributed by atoms with Gasteiger partial charge in [0.05, 0.1) is 12.1 Å². The number of rotatable bonds is 4. The highest BCUT2D eigenvalue weighted by Crippen LogP contribution is 2.52. The maximum absolute atomic E-state index is 6.14. The highest BCUT2D eigenvalue weighted by molar-refractivity contribution is 5.92. The van der Waals surface area contributed by atoms with Gasteiger partial charge in [-0.25, -0.2) is 4.99 Å². The fourth-order valence-electron chi connectivity index (χ4n) is 3.82. The number of guanidine groups is 1. The summed E-state index contributed by atoms with van der Waals surface area (Å²) in [6.45, 7) is 6.45. The van der Waals surface area contributed by atoms with E-state index in [4.69, 9.17) is 20.2 Å². The van der Waals surface area contributed by atoms with Crippen molar-refractivity contribution in [2.75, 3.05) is 25.1 Å². The predicted molar refractivity (Wildman–Crippen MR) is 92.7 cm³/mol. The van der Waals surface area contributed by atoms with E-state index >= 15 is 0 Å². The Kier molecular flexibility index (Phi) is 4.87. The summed E-state index contributed by atoms with van der Waals surface area (Å²) in [7, 11) is 0. The van der Waals surface area contributed by atoms with Crippen LogP contribution in [0.25, 0.3) is 0 Å². The number of nitrogens with two attached hydrogens (primary N) is 1. The van der Waals surface area contributed by atoms with Crippen molar-refractivity contribution >= 4 is 11.6 Å². The Morgan fingerprint density at radius 2 is 2.22 bits per heavy atom. The number of hydrogen-bond donors (Lipinski definition) is 2. The van der Waals surface area contributed by atoms with Gasteiger partial charge in [-0.1, -0.05) is 12.1 Å². The quantitative estimate of drug-likeness (QED) is 0.662. The molecule has 1 spiro atoms. The standard InChI is InChI=1S/C18H27N3O2/c1-3-23-16-12-15(18(16)7-9-22-10-8-18)21-17(19)20-14-6-4-5-13(2)11-14/h4-6,11,15-16H,3,7-10,12H2,1-2H3,(H3,19,20,21). The maximum atomic E-state index is 6.14. The van der Waals surface area contributed by atoms with Gasteiger partial charge in [0.2, 0.25) is 0 Å². The van der Waals surface area contributed by atoms with E-state index in [9.17, 15) is 0 Å². The second-order valence-electron chi connectivity index (χ2n) is 6.55. The van der Waals surface area contributed by atoms with Crippen LogP contribution in [0.15, 0.2) is 29.3 Å². The SMILES string of the molecule is CCOC1CC(N=C(N)Nc2cccc(C)c2)C12CCOCC2. The third-order valence-electron chi connectivity index (χ3n) is 5.12. The summed E-state index contributed by atoms with van der Waals surface area (Å²) in [6.07, 6.45) is 3.24. The normalized spacial score (nSPS) is 26.8. The van der Waals surface area contributed by atoms with Gasteiger partial charge >= 0.3 is 0 Å². The number of ether oxygens (including phenoxy) is 2. The lowest BCUT2D eigenvalue weighted by Gasteiger charge is -2.55. The lowest BCUT2D eigenvalue weighted by atomic mass is 9.58. The first-order valence-electron chi connectivity index (χ1n) is 8.50. The van der Waals surface area contributed by atoms with Crippen LogP contribution in [0.4, 0.5) is 5.69 Å². The minimum absolute atomic E-state index is 0.104. The number of aliphatic imine (C=N–C) groups is 1. The zero-order chi connectivity index (χ0) is 16.3. The smallest absolute Gasteiger partial charge is 0.193 e. The fraction of sp³-hybridized carbons (Fsp3) is 0.611. The molecule has 23 heavy (non-hydrogen) atoms. The molecule has 2 atom stereocenters. The number of benzene rings is 1. The molecule has 1 aromatic carbocycles. The second kappa shape index (κ2) is 6.89. The van der Waals surface area contributed by atoms with E-state index in [1.165, 1.54) is 5.56 Å². The molecule has 0 aromatic heterocycles. The van der Waals surface area contributed by atoms with Gasteiger partial charge < -0.3 is 20.5 Å². The van der Waals surface area contributed by atoms with Gasteiger partial charge in [-0.3, -0.25) is 0 Å². The first-order valence-corrected chi connectivity index (χ1v) is 8.50. The highest BCUT2D eigenvalue weighted by Gasteiger charge is 2.56. The van der Waals surface area contributed by atoms with Crippen LogP contribution in [-0.2, 0) is 9.47 Å². The van der Waals surface area contributed by atoms with Crippen molar-refractivity contribution in [1.29, 1.82) is 0 Å². The molecule has 1 aliphatic heterocycles. The average Bonchev–Trinajstić information content (AvgIpc) is 2.55. The Labute approximate surface area is 138 Å². The fourth-order valence-corrected chi connectivity index (χ4v) is 3.82. The van der Waals surface area contributed by atoms with Gasteiger partial charge in [0.15, 0.2) is 5.96 Å². The molecule has 1 aliphatic carbocycles. The Morgan fingerprint density at radius 1 is 1.43 bits per heavy atom. The van der Waals surface area contributed by atoms with Crippen LogP contribution in [-0.4, -0.2) is 37.9 Å². The molecule has 5 nitrogen and oxygen atoms in total. The summed E-state index contributed by atoms with van der Waals surface area (Å²) in [5, 5.41) is 3.21. The van der Waals surface area contributed by atoms with Crippen molar-refractivity contribution in [2.45, 2.75) is 45.3 Å². The molecule has 3 rings (SSSR count). The molecule has 0 radical (unpaired) electrons. The first kappa shape index (κ1) is 16.3. The van der Waals surface area contributed by atoms with Crippen LogP contribution in [0.1, 0.15) is 31.7 Å². The molecule has 0 bridgehead atoms. The van der Waals surface area contributed by atoms with E-state index in [2.05, 4.69) is 31.3 Å². The molecule has 5 heteroatoms. The summed E-state index contributed by atoms with van der Waals surface area (Å²) in [5.74, 6) is 0.487. The Balaban J connectivity index is 1.70. The summed E-state index contributed by atoms with van der Waals surface area (Å²) < 4.78 is 11.5. The number of nitrogens with zero attached hydrogens (tertiary/aromatic N) is 1. The van der Waals surface area contributed by atoms with E-state index in [0.29, 0.717) is 5.96 Å². The van der Waals surface area contributed by atoms with Crippen LogP contribution in [0.5, 0.6) is 0 Å². The van der Waals surface area contributed by atoms with Gasteiger partial charge in [0, 0.05) is 30.9 Å². The van der Waals surface area contributed by atoms with Gasteiger partial charge in [0.1, 0.15) is 0 Å². The molecule has 3 N–H and O–H groups in total. The van der Waals surface area contributed by atoms with Crippen LogP contribution < -0.4 is 11.1 Å². The molecule has 2 unspecified atom stereocenters. The van der Waals surface area contributed by atoms with Crippen molar-refractivity contribution in [1.82, 2.24) is 0 Å². The molecular formula is C18H27N3O2. The first-order chi connectivity index (χ1) is 11.1. The van der Waals surface area contributed by atoms with Crippen molar-refractivity contribution in [2.24, 2.45) is 16.1 Å². The zero-order valence-electron chi connectivity index (χ0n) is 14.0. The molecule has 2 fully saturated rings. The van der Waals surface area contributed by atoms with Crippen molar-refractivity contribution in [3.8, 4) is 0 Å². The van der Waals surface area contributed by atoms with E-state index in [-0.39, 0.29) is 17.6 Å². The van der Waals surface area contributed by atoms with E-state index < -0.39 is 0 Å². The summed E-state index contributed by atoms with van der Waals surface area (Å²) in [4.78, 5) is 4.76. The lowest BCUT2D eigenvalue weighted by molar-refractivity contribution is -0.163. The van der Waals surface area contributed by atoms with Gasteiger partial charge in [-0.2, -0.15) is 0 Å². The maximum Gasteiger partial charge on any atom is 0.193 e. The number of anilines is 1. The molecule has 1 aromatic rings. The van der Waals surface area contributed by atoms with E-state index in [1.807, 2.05) is 12.1 Å². The largest absolute Gasteiger partial charge is 0.381 e. The summed E-state index contributed by atoms with van der Waals surface area (Å²) >= 11 is 0. The molecule has 0 amide bonds. The third-order valence-corrected chi connectivity index (χ3v) is 5.12. The van der Waals surface area contributed by atoms with Crippen LogP contribution in [0.3, 0.4) is 0 Å². The molecule has 1 saturated heterocycles. The van der Waals surface area contributed by atoms with Crippen molar-refractivity contribution in [3.63, 3.8) is 0 Å². The second-order valence-corrected chi connectivity index (χ2v) is 6.55. The lowest BCUT2D eigenvalue weighted by Crippen LogP contribution is -2.60. The Hall–Kier alpha value is -1.59. The van der Waals surface area contributed by atoms with Crippen LogP contribution in [0.2, 0.25) is 0 Å².